The molecule has 2 aliphatic rings. The van der Waals surface area contributed by atoms with Gasteiger partial charge in [0.2, 0.25) is 5.91 Å². The summed E-state index contributed by atoms with van der Waals surface area (Å²) < 4.78 is 0. The zero-order valence-corrected chi connectivity index (χ0v) is 9.17. The van der Waals surface area contributed by atoms with E-state index in [1.54, 1.807) is 12.3 Å². The Morgan fingerprint density at radius 2 is 2.35 bits per heavy atom. The molecule has 1 saturated carbocycles. The molecule has 5 heteroatoms. The van der Waals surface area contributed by atoms with Gasteiger partial charge in [-0.05, 0) is 30.9 Å². The molecule has 0 radical (unpaired) electrons. The Morgan fingerprint density at radius 1 is 1.53 bits per heavy atom. The molecule has 1 N–H and O–H groups in total. The number of hydrogen-bond acceptors (Lipinski definition) is 3. The molecule has 2 atom stereocenters. The van der Waals surface area contributed by atoms with Crippen LogP contribution in [0.25, 0.3) is 0 Å². The van der Waals surface area contributed by atoms with Gasteiger partial charge in [0.15, 0.2) is 0 Å². The van der Waals surface area contributed by atoms with E-state index >= 15 is 0 Å². The summed E-state index contributed by atoms with van der Waals surface area (Å²) in [6.07, 6.45) is 1.96. The number of nitrogens with zero attached hydrogens (tertiary/aromatic N) is 2. The van der Waals surface area contributed by atoms with Crippen LogP contribution in [-0.4, -0.2) is 33.5 Å². The molecule has 17 heavy (non-hydrogen) atoms. The zero-order chi connectivity index (χ0) is 12.0. The molecule has 1 aromatic rings. The molecule has 1 aliphatic carbocycles. The fourth-order valence-corrected chi connectivity index (χ4v) is 2.80. The molecule has 0 bridgehead atoms. The lowest BCUT2D eigenvalue weighted by Crippen LogP contribution is -2.47. The van der Waals surface area contributed by atoms with E-state index in [1.165, 1.54) is 0 Å². The number of pyridine rings is 1. The fourth-order valence-electron chi connectivity index (χ4n) is 2.80. The lowest BCUT2D eigenvalue weighted by atomic mass is 9.92. The molecule has 88 valence electrons. The number of imide groups is 1. The molecule has 5 nitrogen and oxygen atoms in total. The second-order valence-corrected chi connectivity index (χ2v) is 4.62. The summed E-state index contributed by atoms with van der Waals surface area (Å²) in [4.78, 5) is 28.4. The number of amides is 2. The molecule has 2 heterocycles. The maximum absolute atomic E-state index is 12.2. The first-order chi connectivity index (χ1) is 8.16. The molecular formula is C12H12N2O3. The number of aromatic nitrogens is 1. The standard InChI is InChI=1S/C12H12N2O3/c15-10-12(9-3-1-2-5-13-9)7-8(12)4-6-14(10)11(16)17/h1-3,5,8H,4,6-7H2,(H,16,17). The van der Waals surface area contributed by atoms with Crippen LogP contribution in [0.4, 0.5) is 4.79 Å². The number of fused-ring (bicyclic) bond motifs is 1. The topological polar surface area (TPSA) is 70.5 Å². The van der Waals surface area contributed by atoms with Gasteiger partial charge in [0, 0.05) is 12.7 Å². The summed E-state index contributed by atoms with van der Waals surface area (Å²) in [5.41, 5.74) is 0.0544. The minimum atomic E-state index is -1.16. The van der Waals surface area contributed by atoms with Gasteiger partial charge in [0.25, 0.3) is 0 Å². The molecule has 0 spiro atoms. The van der Waals surface area contributed by atoms with Crippen molar-refractivity contribution in [2.24, 2.45) is 5.92 Å². The second-order valence-electron chi connectivity index (χ2n) is 4.62. The van der Waals surface area contributed by atoms with Crippen molar-refractivity contribution < 1.29 is 14.7 Å². The van der Waals surface area contributed by atoms with Crippen molar-refractivity contribution in [1.82, 2.24) is 9.88 Å². The van der Waals surface area contributed by atoms with Crippen molar-refractivity contribution in [1.29, 1.82) is 0 Å². The van der Waals surface area contributed by atoms with Crippen LogP contribution in [0, 0.1) is 5.92 Å². The third-order valence-electron chi connectivity index (χ3n) is 3.79. The maximum Gasteiger partial charge on any atom is 0.414 e. The molecule has 2 unspecified atom stereocenters. The lowest BCUT2D eigenvalue weighted by Gasteiger charge is -2.28. The molecule has 2 fully saturated rings. The van der Waals surface area contributed by atoms with Gasteiger partial charge in [-0.15, -0.1) is 0 Å². The summed E-state index contributed by atoms with van der Waals surface area (Å²) in [5.74, 6) is -0.0413. The van der Waals surface area contributed by atoms with E-state index in [2.05, 4.69) is 4.98 Å². The second kappa shape index (κ2) is 3.29. The zero-order valence-electron chi connectivity index (χ0n) is 9.17. The average Bonchev–Trinajstić information content (AvgIpc) is 3.07. The molecule has 2 amide bonds. The first kappa shape index (κ1) is 10.3. The quantitative estimate of drug-likeness (QED) is 0.791. The Bertz CT molecular complexity index is 488. The Balaban J connectivity index is 1.99. The number of carbonyl (C=O) groups excluding carboxylic acids is 1. The number of hydrogen-bond donors (Lipinski definition) is 1. The van der Waals surface area contributed by atoms with E-state index in [4.69, 9.17) is 5.11 Å². The SMILES string of the molecule is O=C(O)N1CCC2CC2(c2ccccn2)C1=O. The number of piperidine rings is 1. The largest absolute Gasteiger partial charge is 0.465 e. The van der Waals surface area contributed by atoms with Crippen LogP contribution < -0.4 is 0 Å². The third-order valence-corrected chi connectivity index (χ3v) is 3.79. The molecule has 0 aromatic carbocycles. The van der Waals surface area contributed by atoms with Crippen molar-refractivity contribution in [2.45, 2.75) is 18.3 Å². The van der Waals surface area contributed by atoms with Gasteiger partial charge in [-0.1, -0.05) is 6.07 Å². The summed E-state index contributed by atoms with van der Waals surface area (Å²) in [6.45, 7) is 0.313. The number of rotatable bonds is 1. The summed E-state index contributed by atoms with van der Waals surface area (Å²) in [7, 11) is 0. The van der Waals surface area contributed by atoms with E-state index < -0.39 is 11.5 Å². The lowest BCUT2D eigenvalue weighted by molar-refractivity contribution is -0.134. The third kappa shape index (κ3) is 1.28. The first-order valence-corrected chi connectivity index (χ1v) is 5.62. The molecule has 1 aliphatic heterocycles. The maximum atomic E-state index is 12.2. The van der Waals surface area contributed by atoms with Gasteiger partial charge in [0.1, 0.15) is 0 Å². The van der Waals surface area contributed by atoms with E-state index in [0.717, 1.165) is 17.7 Å². The van der Waals surface area contributed by atoms with Gasteiger partial charge in [-0.3, -0.25) is 9.78 Å². The molecule has 1 saturated heterocycles. The average molecular weight is 232 g/mol. The van der Waals surface area contributed by atoms with Crippen molar-refractivity contribution in [3.05, 3.63) is 30.1 Å². The summed E-state index contributed by atoms with van der Waals surface area (Å²) in [6, 6.07) is 5.43. The predicted molar refractivity (Wildman–Crippen MR) is 58.4 cm³/mol. The first-order valence-electron chi connectivity index (χ1n) is 5.62. The summed E-state index contributed by atoms with van der Waals surface area (Å²) in [5, 5.41) is 8.99. The highest BCUT2D eigenvalue weighted by Gasteiger charge is 2.66. The van der Waals surface area contributed by atoms with Crippen LogP contribution in [0.5, 0.6) is 0 Å². The summed E-state index contributed by atoms with van der Waals surface area (Å²) >= 11 is 0. The van der Waals surface area contributed by atoms with Crippen LogP contribution in [0.15, 0.2) is 24.4 Å². The van der Waals surface area contributed by atoms with Crippen molar-refractivity contribution in [3.8, 4) is 0 Å². The molecule has 1 aromatic heterocycles. The van der Waals surface area contributed by atoms with Crippen LogP contribution in [0.2, 0.25) is 0 Å². The Hall–Kier alpha value is -1.91. The van der Waals surface area contributed by atoms with Crippen LogP contribution in [0.1, 0.15) is 18.5 Å². The normalized spacial score (nSPS) is 30.9. The predicted octanol–water partition coefficient (Wildman–Crippen LogP) is 1.25. The Labute approximate surface area is 98.1 Å². The van der Waals surface area contributed by atoms with Gasteiger partial charge < -0.3 is 5.11 Å². The van der Waals surface area contributed by atoms with Gasteiger partial charge in [-0.25, -0.2) is 9.69 Å². The Morgan fingerprint density at radius 3 is 3.00 bits per heavy atom. The highest BCUT2D eigenvalue weighted by molar-refractivity contribution is 6.01. The number of carbonyl (C=O) groups is 2. The molecule has 3 rings (SSSR count). The number of likely N-dealkylation sites (tertiary alicyclic amines) is 1. The van der Waals surface area contributed by atoms with E-state index in [9.17, 15) is 9.59 Å². The highest BCUT2D eigenvalue weighted by atomic mass is 16.4. The molecular weight excluding hydrogens is 220 g/mol. The Kier molecular flexibility index (Phi) is 1.98. The van der Waals surface area contributed by atoms with Crippen LogP contribution in [0.3, 0.4) is 0 Å². The number of carboxylic acid groups (broad SMARTS) is 1. The monoisotopic (exact) mass is 232 g/mol. The highest BCUT2D eigenvalue weighted by Crippen LogP contribution is 2.58. The van der Waals surface area contributed by atoms with Crippen molar-refractivity contribution in [3.63, 3.8) is 0 Å². The minimum absolute atomic E-state index is 0.264. The van der Waals surface area contributed by atoms with Crippen molar-refractivity contribution >= 4 is 12.0 Å². The van der Waals surface area contributed by atoms with Crippen molar-refractivity contribution in [2.75, 3.05) is 6.54 Å². The van der Waals surface area contributed by atoms with Gasteiger partial charge >= 0.3 is 6.09 Å². The van der Waals surface area contributed by atoms with Crippen LogP contribution >= 0.6 is 0 Å². The minimum Gasteiger partial charge on any atom is -0.465 e. The van der Waals surface area contributed by atoms with Gasteiger partial charge in [-0.2, -0.15) is 0 Å². The van der Waals surface area contributed by atoms with Gasteiger partial charge in [0.05, 0.1) is 11.1 Å². The van der Waals surface area contributed by atoms with E-state index in [0.29, 0.717) is 12.2 Å². The van der Waals surface area contributed by atoms with Crippen LogP contribution in [-0.2, 0) is 10.2 Å². The fraction of sp³-hybridized carbons (Fsp3) is 0.417. The van der Waals surface area contributed by atoms with E-state index in [1.807, 2.05) is 12.1 Å². The smallest absolute Gasteiger partial charge is 0.414 e. The van der Waals surface area contributed by atoms with E-state index in [-0.39, 0.29) is 11.8 Å².